The van der Waals surface area contributed by atoms with Crippen LogP contribution in [0.5, 0.6) is 11.5 Å². The minimum atomic E-state index is -1.16. The van der Waals surface area contributed by atoms with Crippen LogP contribution < -0.4 is 15.0 Å². The van der Waals surface area contributed by atoms with Gasteiger partial charge in [0.1, 0.15) is 18.3 Å². The van der Waals surface area contributed by atoms with E-state index in [-0.39, 0.29) is 42.6 Å². The van der Waals surface area contributed by atoms with E-state index in [0.717, 1.165) is 16.7 Å². The number of ether oxygens (including phenoxy) is 2. The molecule has 4 N–H and O–H groups in total. The maximum absolute atomic E-state index is 12.1. The molecule has 156 valence electrons. The van der Waals surface area contributed by atoms with Gasteiger partial charge in [0, 0.05) is 6.42 Å². The second kappa shape index (κ2) is 8.17. The van der Waals surface area contributed by atoms with E-state index in [4.69, 9.17) is 14.6 Å². The van der Waals surface area contributed by atoms with Gasteiger partial charge in [-0.3, -0.25) is 4.79 Å². The molecule has 30 heavy (non-hydrogen) atoms. The summed E-state index contributed by atoms with van der Waals surface area (Å²) >= 11 is 0. The topological polar surface area (TPSA) is 125 Å². The first-order valence-electron chi connectivity index (χ1n) is 9.59. The molecule has 0 saturated carbocycles. The monoisotopic (exact) mass is 411 g/mol. The van der Waals surface area contributed by atoms with E-state index in [1.54, 1.807) is 18.2 Å². The van der Waals surface area contributed by atoms with Crippen molar-refractivity contribution >= 4 is 23.6 Å². The first-order chi connectivity index (χ1) is 14.5. The predicted molar refractivity (Wildman–Crippen MR) is 107 cm³/mol. The van der Waals surface area contributed by atoms with Crippen LogP contribution in [0.25, 0.3) is 11.6 Å². The van der Waals surface area contributed by atoms with Crippen molar-refractivity contribution in [2.45, 2.75) is 31.4 Å². The molecule has 8 heteroatoms. The number of carboxylic acids is 2. The van der Waals surface area contributed by atoms with Crippen LogP contribution in [0.15, 0.2) is 36.4 Å². The maximum Gasteiger partial charge on any atom is 0.340 e. The number of fused-ring (bicyclic) bond motifs is 2. The number of rotatable bonds is 6. The Bertz CT molecular complexity index is 1030. The van der Waals surface area contributed by atoms with Gasteiger partial charge in [-0.25, -0.2) is 4.79 Å². The molecule has 2 aromatic rings. The summed E-state index contributed by atoms with van der Waals surface area (Å²) in [6, 6.07) is 10.6. The molecule has 0 amide bonds. The minimum Gasteiger partial charge on any atom is -0.485 e. The zero-order valence-corrected chi connectivity index (χ0v) is 16.0. The quantitative estimate of drug-likeness (QED) is 0.535. The summed E-state index contributed by atoms with van der Waals surface area (Å²) < 4.78 is 11.5. The number of aliphatic carboxylic acids is 1. The molecule has 0 fully saturated rings. The number of benzene rings is 2. The molecule has 0 saturated heterocycles. The van der Waals surface area contributed by atoms with Gasteiger partial charge in [-0.15, -0.1) is 0 Å². The van der Waals surface area contributed by atoms with Crippen molar-refractivity contribution in [2.75, 3.05) is 6.61 Å². The molecule has 0 radical (unpaired) electrons. The Kier molecular flexibility index (Phi) is 5.43. The summed E-state index contributed by atoms with van der Waals surface area (Å²) in [4.78, 5) is 22.8. The number of carboxylic acid groups (broad SMARTS) is 2. The van der Waals surface area contributed by atoms with Crippen LogP contribution >= 0.6 is 0 Å². The first kappa shape index (κ1) is 19.9. The zero-order chi connectivity index (χ0) is 21.3. The second-order valence-electron chi connectivity index (χ2n) is 7.29. The Morgan fingerprint density at radius 1 is 1.17 bits per heavy atom. The highest BCUT2D eigenvalue weighted by Gasteiger charge is 2.30. The van der Waals surface area contributed by atoms with Crippen LogP contribution in [0.4, 0.5) is 0 Å². The van der Waals surface area contributed by atoms with Crippen molar-refractivity contribution in [3.8, 4) is 11.5 Å². The molecular weight excluding hydrogens is 390 g/mol. The average Bonchev–Trinajstić information content (AvgIpc) is 3.09. The van der Waals surface area contributed by atoms with E-state index < -0.39 is 18.0 Å². The number of hydrogen-bond donors (Lipinski definition) is 4. The van der Waals surface area contributed by atoms with Crippen LogP contribution in [0.3, 0.4) is 0 Å². The summed E-state index contributed by atoms with van der Waals surface area (Å²) in [7, 11) is 0. The van der Waals surface area contributed by atoms with Gasteiger partial charge in [0.15, 0.2) is 11.5 Å². The lowest BCUT2D eigenvalue weighted by atomic mass is 9.98. The molecule has 2 aromatic carbocycles. The van der Waals surface area contributed by atoms with E-state index >= 15 is 0 Å². The van der Waals surface area contributed by atoms with E-state index in [1.165, 1.54) is 0 Å². The highest BCUT2D eigenvalue weighted by atomic mass is 16.6. The van der Waals surface area contributed by atoms with Gasteiger partial charge < -0.3 is 24.9 Å². The van der Waals surface area contributed by atoms with Crippen molar-refractivity contribution in [3.63, 3.8) is 0 Å². The van der Waals surface area contributed by atoms with E-state index in [2.05, 4.69) is 5.48 Å². The summed E-state index contributed by atoms with van der Waals surface area (Å²) in [5.41, 5.74) is 5.50. The van der Waals surface area contributed by atoms with Crippen LogP contribution in [0, 0.1) is 0 Å². The molecule has 1 aliphatic carbocycles. The Morgan fingerprint density at radius 3 is 2.70 bits per heavy atom. The van der Waals surface area contributed by atoms with E-state index in [0.29, 0.717) is 12.0 Å². The largest absolute Gasteiger partial charge is 0.485 e. The van der Waals surface area contributed by atoms with Crippen LogP contribution in [0.1, 0.15) is 39.9 Å². The Morgan fingerprint density at radius 2 is 1.97 bits per heavy atom. The zero-order valence-electron chi connectivity index (χ0n) is 16.0. The average molecular weight is 411 g/mol. The maximum atomic E-state index is 12.1. The number of aromatic carboxylic acids is 1. The van der Waals surface area contributed by atoms with Crippen molar-refractivity contribution < 1.29 is 34.5 Å². The molecule has 8 nitrogen and oxygen atoms in total. The standard InChI is InChI=1S/C22H21NO7/c24-19(25)8-6-14-11-29-21-18(30-14)7-5-13(20(21)22(26)27)9-16-15-4-2-1-3-12(15)10-17(16)23-28/h1-5,7,9,14,17,23,28H,6,8,10-11H2,(H,24,25)(H,26,27)/b16-9+/t14-,17?/m0/s1. The van der Waals surface area contributed by atoms with Gasteiger partial charge in [-0.2, -0.15) is 5.48 Å². The Hall–Kier alpha value is -3.36. The fourth-order valence-electron chi connectivity index (χ4n) is 3.93. The number of hydrogen-bond acceptors (Lipinski definition) is 6. The molecule has 4 rings (SSSR count). The number of nitrogens with one attached hydrogen (secondary N) is 1. The summed E-state index contributed by atoms with van der Waals surface area (Å²) in [5.74, 6) is -1.68. The van der Waals surface area contributed by atoms with Gasteiger partial charge in [0.25, 0.3) is 0 Å². The molecule has 0 aromatic heterocycles. The van der Waals surface area contributed by atoms with E-state index in [9.17, 15) is 19.9 Å². The lowest BCUT2D eigenvalue weighted by Crippen LogP contribution is -2.30. The predicted octanol–water partition coefficient (Wildman–Crippen LogP) is 2.83. The molecule has 1 heterocycles. The molecule has 1 unspecified atom stereocenters. The van der Waals surface area contributed by atoms with Crippen molar-refractivity contribution in [3.05, 3.63) is 58.7 Å². The van der Waals surface area contributed by atoms with Gasteiger partial charge in [-0.1, -0.05) is 30.3 Å². The summed E-state index contributed by atoms with van der Waals surface area (Å²) in [6.07, 6.45) is 2.09. The fourth-order valence-corrected chi connectivity index (χ4v) is 3.93. The van der Waals surface area contributed by atoms with Crippen LogP contribution in [0.2, 0.25) is 0 Å². The fraction of sp³-hybridized carbons (Fsp3) is 0.273. The summed E-state index contributed by atoms with van der Waals surface area (Å²) in [5, 5.41) is 28.3. The molecular formula is C22H21NO7. The molecule has 2 atom stereocenters. The third kappa shape index (κ3) is 3.74. The smallest absolute Gasteiger partial charge is 0.340 e. The first-order valence-corrected chi connectivity index (χ1v) is 9.59. The van der Waals surface area contributed by atoms with Crippen LogP contribution in [-0.4, -0.2) is 46.1 Å². The third-order valence-electron chi connectivity index (χ3n) is 5.35. The normalized spacial score (nSPS) is 20.8. The molecule has 0 spiro atoms. The highest BCUT2D eigenvalue weighted by molar-refractivity contribution is 6.00. The number of hydroxylamine groups is 1. The Balaban J connectivity index is 1.71. The highest BCUT2D eigenvalue weighted by Crippen LogP contribution is 2.40. The van der Waals surface area contributed by atoms with Crippen LogP contribution in [-0.2, 0) is 11.2 Å². The van der Waals surface area contributed by atoms with Gasteiger partial charge in [0.05, 0.1) is 6.04 Å². The molecule has 2 aliphatic rings. The van der Waals surface area contributed by atoms with Crippen molar-refractivity contribution in [2.24, 2.45) is 0 Å². The lowest BCUT2D eigenvalue weighted by molar-refractivity contribution is -0.137. The third-order valence-corrected chi connectivity index (χ3v) is 5.35. The Labute approximate surface area is 172 Å². The number of carbonyl (C=O) groups is 2. The van der Waals surface area contributed by atoms with Gasteiger partial charge in [0.2, 0.25) is 0 Å². The van der Waals surface area contributed by atoms with Crippen molar-refractivity contribution in [1.82, 2.24) is 5.48 Å². The SMILES string of the molecule is O=C(O)CC[C@H]1COc2c(ccc(/C=C3\c4ccccc4CC3NO)c2C(=O)O)O1. The lowest BCUT2D eigenvalue weighted by Gasteiger charge is -2.27. The minimum absolute atomic E-state index is 0.0299. The van der Waals surface area contributed by atoms with Gasteiger partial charge in [-0.05, 0) is 47.2 Å². The summed E-state index contributed by atoms with van der Waals surface area (Å²) in [6.45, 7) is 0.0736. The molecule has 1 aliphatic heterocycles. The molecule has 0 bridgehead atoms. The van der Waals surface area contributed by atoms with E-state index in [1.807, 2.05) is 24.3 Å². The second-order valence-corrected chi connectivity index (χ2v) is 7.29. The van der Waals surface area contributed by atoms with Gasteiger partial charge >= 0.3 is 11.9 Å². The van der Waals surface area contributed by atoms with Crippen molar-refractivity contribution in [1.29, 1.82) is 0 Å².